The number of carbonyl (C=O) groups excluding carboxylic acids is 1. The highest BCUT2D eigenvalue weighted by molar-refractivity contribution is 8.00. The Morgan fingerprint density at radius 3 is 2.79 bits per heavy atom. The third kappa shape index (κ3) is 3.30. The van der Waals surface area contributed by atoms with Crippen LogP contribution >= 0.6 is 11.8 Å². The SMILES string of the molecule is CC(Sc1nnc2n(C)c(=O)c3ccccc3n12)C(=O)NC1CCCCC1C. The number of rotatable bonds is 4. The number of nitrogens with one attached hydrogen (secondary N) is 1. The Bertz CT molecular complexity index is 1090. The largest absolute Gasteiger partial charge is 0.352 e. The van der Waals surface area contributed by atoms with E-state index in [0.29, 0.717) is 22.2 Å². The molecule has 4 rings (SSSR count). The molecule has 148 valence electrons. The molecule has 1 aliphatic rings. The third-order valence-corrected chi connectivity index (χ3v) is 6.73. The van der Waals surface area contributed by atoms with E-state index in [1.807, 2.05) is 29.5 Å². The molecule has 0 aliphatic heterocycles. The fourth-order valence-corrected chi connectivity index (χ4v) is 4.79. The van der Waals surface area contributed by atoms with Gasteiger partial charge in [0.2, 0.25) is 11.7 Å². The maximum absolute atomic E-state index is 12.8. The van der Waals surface area contributed by atoms with Gasteiger partial charge in [-0.15, -0.1) is 10.2 Å². The summed E-state index contributed by atoms with van der Waals surface area (Å²) in [6.45, 7) is 4.10. The predicted molar refractivity (Wildman–Crippen MR) is 111 cm³/mol. The first-order valence-corrected chi connectivity index (χ1v) is 10.6. The average molecular weight is 400 g/mol. The van der Waals surface area contributed by atoms with Crippen LogP contribution in [0.2, 0.25) is 0 Å². The second kappa shape index (κ2) is 7.58. The number of aromatic nitrogens is 4. The Balaban J connectivity index is 1.63. The Morgan fingerprint density at radius 1 is 1.25 bits per heavy atom. The average Bonchev–Trinajstić information content (AvgIpc) is 3.11. The van der Waals surface area contributed by atoms with Crippen molar-refractivity contribution >= 4 is 34.3 Å². The number of carbonyl (C=O) groups is 1. The standard InChI is InChI=1S/C20H25N5O2S/c1-12-8-4-6-10-15(12)21-17(26)13(2)28-20-23-22-19-24(3)18(27)14-9-5-7-11-16(14)25(19)20/h5,7,9,11-13,15H,4,6,8,10H2,1-3H3,(H,21,26). The van der Waals surface area contributed by atoms with Gasteiger partial charge in [-0.05, 0) is 37.8 Å². The maximum Gasteiger partial charge on any atom is 0.262 e. The van der Waals surface area contributed by atoms with E-state index < -0.39 is 0 Å². The third-order valence-electron chi connectivity index (χ3n) is 5.69. The van der Waals surface area contributed by atoms with Crippen LogP contribution in [0.25, 0.3) is 16.7 Å². The molecule has 1 aliphatic carbocycles. The first-order chi connectivity index (χ1) is 13.5. The molecule has 2 heterocycles. The van der Waals surface area contributed by atoms with Crippen molar-refractivity contribution in [1.29, 1.82) is 0 Å². The Kier molecular flexibility index (Phi) is 5.14. The predicted octanol–water partition coefficient (Wildman–Crippen LogP) is 2.76. The number of benzene rings is 1. The zero-order valence-electron chi connectivity index (χ0n) is 16.4. The second-order valence-corrected chi connectivity index (χ2v) is 8.94. The van der Waals surface area contributed by atoms with Crippen molar-refractivity contribution in [2.24, 2.45) is 13.0 Å². The van der Waals surface area contributed by atoms with E-state index in [0.717, 1.165) is 11.9 Å². The van der Waals surface area contributed by atoms with Crippen LogP contribution in [0.1, 0.15) is 39.5 Å². The Morgan fingerprint density at radius 2 is 2.00 bits per heavy atom. The topological polar surface area (TPSA) is 81.3 Å². The molecule has 0 spiro atoms. The van der Waals surface area contributed by atoms with E-state index in [9.17, 15) is 9.59 Å². The fourth-order valence-electron chi connectivity index (χ4n) is 3.93. The summed E-state index contributed by atoms with van der Waals surface area (Å²) in [4.78, 5) is 25.3. The quantitative estimate of drug-likeness (QED) is 0.682. The summed E-state index contributed by atoms with van der Waals surface area (Å²) >= 11 is 1.37. The summed E-state index contributed by atoms with van der Waals surface area (Å²) < 4.78 is 3.35. The van der Waals surface area contributed by atoms with E-state index in [-0.39, 0.29) is 22.8 Å². The monoisotopic (exact) mass is 399 g/mol. The van der Waals surface area contributed by atoms with Crippen LogP contribution in [0.15, 0.2) is 34.2 Å². The molecule has 0 bridgehead atoms. The van der Waals surface area contributed by atoms with Crippen molar-refractivity contribution in [3.8, 4) is 0 Å². The number of aryl methyl sites for hydroxylation is 1. The Labute approximate surface area is 167 Å². The molecule has 3 aromatic rings. The normalized spacial score (nSPS) is 21.1. The van der Waals surface area contributed by atoms with Crippen LogP contribution in [-0.2, 0) is 11.8 Å². The van der Waals surface area contributed by atoms with Crippen LogP contribution < -0.4 is 10.9 Å². The zero-order chi connectivity index (χ0) is 19.8. The summed E-state index contributed by atoms with van der Waals surface area (Å²) in [6.07, 6.45) is 4.63. The number of para-hydroxylation sites is 1. The van der Waals surface area contributed by atoms with E-state index in [1.165, 1.54) is 35.6 Å². The number of thioether (sulfide) groups is 1. The first-order valence-electron chi connectivity index (χ1n) is 9.77. The lowest BCUT2D eigenvalue weighted by Gasteiger charge is -2.30. The fraction of sp³-hybridized carbons (Fsp3) is 0.500. The molecule has 1 aromatic carbocycles. The Hall–Kier alpha value is -2.35. The molecule has 1 fully saturated rings. The van der Waals surface area contributed by atoms with Crippen LogP contribution in [0.5, 0.6) is 0 Å². The minimum Gasteiger partial charge on any atom is -0.352 e. The summed E-state index contributed by atoms with van der Waals surface area (Å²) in [6, 6.07) is 7.66. The molecule has 3 unspecified atom stereocenters. The molecule has 8 heteroatoms. The number of nitrogens with zero attached hydrogens (tertiary/aromatic N) is 4. The molecule has 3 atom stereocenters. The number of amides is 1. The molecular weight excluding hydrogens is 374 g/mol. The molecule has 0 radical (unpaired) electrons. The van der Waals surface area contributed by atoms with Crippen molar-refractivity contribution in [2.45, 2.75) is 56.0 Å². The van der Waals surface area contributed by atoms with Gasteiger partial charge in [0, 0.05) is 13.1 Å². The second-order valence-electron chi connectivity index (χ2n) is 7.64. The molecule has 1 N–H and O–H groups in total. The van der Waals surface area contributed by atoms with Gasteiger partial charge in [-0.1, -0.05) is 43.7 Å². The van der Waals surface area contributed by atoms with Gasteiger partial charge in [-0.2, -0.15) is 0 Å². The van der Waals surface area contributed by atoms with Crippen LogP contribution in [0, 0.1) is 5.92 Å². The number of fused-ring (bicyclic) bond motifs is 3. The lowest BCUT2D eigenvalue weighted by atomic mass is 9.86. The van der Waals surface area contributed by atoms with Crippen molar-refractivity contribution in [3.63, 3.8) is 0 Å². The van der Waals surface area contributed by atoms with Gasteiger partial charge in [0.25, 0.3) is 5.56 Å². The molecule has 0 saturated heterocycles. The number of hydrogen-bond donors (Lipinski definition) is 1. The van der Waals surface area contributed by atoms with Crippen LogP contribution in [-0.4, -0.2) is 36.4 Å². The lowest BCUT2D eigenvalue weighted by molar-refractivity contribution is -0.121. The van der Waals surface area contributed by atoms with Gasteiger partial charge >= 0.3 is 0 Å². The summed E-state index contributed by atoms with van der Waals surface area (Å²) in [5.74, 6) is 1.01. The number of hydrogen-bond acceptors (Lipinski definition) is 5. The smallest absolute Gasteiger partial charge is 0.262 e. The van der Waals surface area contributed by atoms with Crippen LogP contribution in [0.4, 0.5) is 0 Å². The highest BCUT2D eigenvalue weighted by atomic mass is 32.2. The molecule has 7 nitrogen and oxygen atoms in total. The minimum absolute atomic E-state index is 0.0228. The van der Waals surface area contributed by atoms with Crippen molar-refractivity contribution in [2.75, 3.05) is 0 Å². The maximum atomic E-state index is 12.8. The van der Waals surface area contributed by atoms with Gasteiger partial charge in [-0.25, -0.2) is 0 Å². The van der Waals surface area contributed by atoms with Gasteiger partial charge in [0.05, 0.1) is 16.2 Å². The summed E-state index contributed by atoms with van der Waals surface area (Å²) in [7, 11) is 1.69. The van der Waals surface area contributed by atoms with Gasteiger partial charge in [0.1, 0.15) is 0 Å². The van der Waals surface area contributed by atoms with E-state index in [4.69, 9.17) is 0 Å². The van der Waals surface area contributed by atoms with Crippen molar-refractivity contribution in [3.05, 3.63) is 34.6 Å². The summed E-state index contributed by atoms with van der Waals surface area (Å²) in [5, 5.41) is 12.6. The zero-order valence-corrected chi connectivity index (χ0v) is 17.2. The highest BCUT2D eigenvalue weighted by Crippen LogP contribution is 2.27. The van der Waals surface area contributed by atoms with Gasteiger partial charge < -0.3 is 5.32 Å². The minimum atomic E-state index is -0.308. The van der Waals surface area contributed by atoms with E-state index in [1.54, 1.807) is 13.1 Å². The van der Waals surface area contributed by atoms with Crippen molar-refractivity contribution in [1.82, 2.24) is 24.5 Å². The van der Waals surface area contributed by atoms with E-state index >= 15 is 0 Å². The van der Waals surface area contributed by atoms with Crippen molar-refractivity contribution < 1.29 is 4.79 Å². The molecule has 1 amide bonds. The highest BCUT2D eigenvalue weighted by Gasteiger charge is 2.26. The van der Waals surface area contributed by atoms with Gasteiger partial charge in [-0.3, -0.25) is 18.6 Å². The molecule has 1 saturated carbocycles. The molecule has 28 heavy (non-hydrogen) atoms. The van der Waals surface area contributed by atoms with Gasteiger partial charge in [0.15, 0.2) is 5.16 Å². The van der Waals surface area contributed by atoms with E-state index in [2.05, 4.69) is 22.4 Å². The lowest BCUT2D eigenvalue weighted by Crippen LogP contribution is -2.44. The molecular formula is C20H25N5O2S. The summed E-state index contributed by atoms with van der Waals surface area (Å²) in [5.41, 5.74) is 0.644. The molecule has 2 aromatic heterocycles. The van der Waals surface area contributed by atoms with Crippen LogP contribution in [0.3, 0.4) is 0 Å². The first kappa shape index (κ1) is 19.0.